The number of carbonyl (C=O) groups is 2. The van der Waals surface area contributed by atoms with E-state index in [-0.39, 0.29) is 31.1 Å². The minimum Gasteiger partial charge on any atom is -0.334 e. The lowest BCUT2D eigenvalue weighted by Gasteiger charge is -2.47. The first kappa shape index (κ1) is 15.2. The van der Waals surface area contributed by atoms with Crippen molar-refractivity contribution in [2.24, 2.45) is 11.8 Å². The smallest absolute Gasteiger partial charge is 0.334 e. The van der Waals surface area contributed by atoms with Gasteiger partial charge < -0.3 is 15.1 Å². The van der Waals surface area contributed by atoms with Crippen LogP contribution in [0.3, 0.4) is 0 Å². The molecule has 128 valence electrons. The van der Waals surface area contributed by atoms with Crippen LogP contribution in [0.25, 0.3) is 0 Å². The quantitative estimate of drug-likeness (QED) is 0.771. The molecule has 2 saturated heterocycles. The standard InChI is InChI=1S/C15H20F3N3O2/c1-8-6-21(13(23)15(16,17)18)14(2-3-14)7-20(8)12(22)11-10-4-9(10)5-19-11/h8-11,19H,2-7H2,1H3/t8-,9-,10-,11-/m0/s1. The molecule has 2 saturated carbocycles. The summed E-state index contributed by atoms with van der Waals surface area (Å²) in [5, 5.41) is 3.23. The second kappa shape index (κ2) is 4.62. The number of fused-ring (bicyclic) bond motifs is 1. The van der Waals surface area contributed by atoms with Gasteiger partial charge in [0.1, 0.15) is 0 Å². The number of hydrogen-bond acceptors (Lipinski definition) is 3. The van der Waals surface area contributed by atoms with Crippen LogP contribution in [0.15, 0.2) is 0 Å². The average Bonchev–Trinajstić information content (AvgIpc) is 3.39. The summed E-state index contributed by atoms with van der Waals surface area (Å²) in [7, 11) is 0. The highest BCUT2D eigenvalue weighted by atomic mass is 19.4. The van der Waals surface area contributed by atoms with Gasteiger partial charge in [-0.3, -0.25) is 9.59 Å². The molecule has 0 aromatic carbocycles. The molecule has 2 aliphatic heterocycles. The average molecular weight is 331 g/mol. The lowest BCUT2D eigenvalue weighted by atomic mass is 10.0. The van der Waals surface area contributed by atoms with Crippen molar-refractivity contribution in [2.45, 2.75) is 50.0 Å². The summed E-state index contributed by atoms with van der Waals surface area (Å²) in [5.74, 6) is -0.801. The van der Waals surface area contributed by atoms with E-state index in [1.54, 1.807) is 11.8 Å². The molecule has 4 fully saturated rings. The van der Waals surface area contributed by atoms with Crippen molar-refractivity contribution in [3.8, 4) is 0 Å². The van der Waals surface area contributed by atoms with E-state index in [9.17, 15) is 22.8 Å². The summed E-state index contributed by atoms with van der Waals surface area (Å²) in [6.07, 6.45) is -2.71. The van der Waals surface area contributed by atoms with Gasteiger partial charge in [-0.25, -0.2) is 0 Å². The molecule has 4 atom stereocenters. The molecule has 2 aliphatic carbocycles. The molecule has 1 N–H and O–H groups in total. The number of hydrogen-bond donors (Lipinski definition) is 1. The maximum Gasteiger partial charge on any atom is 0.471 e. The molecule has 2 amide bonds. The second-order valence-corrected chi connectivity index (χ2v) is 7.50. The predicted molar refractivity (Wildman–Crippen MR) is 74.3 cm³/mol. The van der Waals surface area contributed by atoms with Crippen LogP contribution in [-0.4, -0.2) is 65.0 Å². The van der Waals surface area contributed by atoms with Crippen LogP contribution in [-0.2, 0) is 9.59 Å². The van der Waals surface area contributed by atoms with E-state index < -0.39 is 17.6 Å². The molecule has 4 rings (SSSR count). The van der Waals surface area contributed by atoms with Crippen LogP contribution in [0.5, 0.6) is 0 Å². The highest BCUT2D eigenvalue weighted by molar-refractivity contribution is 5.86. The number of amides is 2. The summed E-state index contributed by atoms with van der Waals surface area (Å²) >= 11 is 0. The molecule has 0 radical (unpaired) electrons. The third kappa shape index (κ3) is 2.33. The Morgan fingerprint density at radius 1 is 1.26 bits per heavy atom. The van der Waals surface area contributed by atoms with Gasteiger partial charge >= 0.3 is 12.1 Å². The first-order chi connectivity index (χ1) is 10.7. The van der Waals surface area contributed by atoms with Crippen molar-refractivity contribution in [1.82, 2.24) is 15.1 Å². The van der Waals surface area contributed by atoms with Gasteiger partial charge in [0.05, 0.1) is 11.6 Å². The molecule has 8 heteroatoms. The zero-order chi connectivity index (χ0) is 16.6. The number of piperazine rings is 1. The van der Waals surface area contributed by atoms with Gasteiger partial charge in [0.15, 0.2) is 0 Å². The third-order valence-corrected chi connectivity index (χ3v) is 5.89. The fourth-order valence-electron chi connectivity index (χ4n) is 4.23. The number of alkyl halides is 3. The minimum absolute atomic E-state index is 0.00659. The van der Waals surface area contributed by atoms with E-state index in [0.29, 0.717) is 24.7 Å². The molecule has 2 heterocycles. The van der Waals surface area contributed by atoms with Crippen molar-refractivity contribution in [2.75, 3.05) is 19.6 Å². The highest BCUT2D eigenvalue weighted by Crippen LogP contribution is 2.49. The SMILES string of the molecule is C[C@H]1CN(C(=O)C(F)(F)F)C2(CC2)CN1C(=O)[C@H]1NC[C@@H]2C[C@@H]21. The number of piperidine rings is 1. The number of halogens is 3. The fraction of sp³-hybridized carbons (Fsp3) is 0.867. The molecular formula is C15H20F3N3O2. The molecule has 0 bridgehead atoms. The Hall–Kier alpha value is -1.31. The van der Waals surface area contributed by atoms with E-state index in [1.807, 2.05) is 0 Å². The molecule has 5 nitrogen and oxygen atoms in total. The Balaban J connectivity index is 1.51. The normalized spacial score (nSPS) is 37.7. The summed E-state index contributed by atoms with van der Waals surface area (Å²) in [6, 6.07) is -0.581. The first-order valence-electron chi connectivity index (χ1n) is 8.16. The maximum absolute atomic E-state index is 12.8. The van der Waals surface area contributed by atoms with Gasteiger partial charge in [0, 0.05) is 19.1 Å². The maximum atomic E-state index is 12.8. The Morgan fingerprint density at radius 2 is 1.96 bits per heavy atom. The Morgan fingerprint density at radius 3 is 2.43 bits per heavy atom. The first-order valence-corrected chi connectivity index (χ1v) is 8.16. The van der Waals surface area contributed by atoms with E-state index in [4.69, 9.17) is 0 Å². The summed E-state index contributed by atoms with van der Waals surface area (Å²) in [6.45, 7) is 2.77. The van der Waals surface area contributed by atoms with Crippen molar-refractivity contribution in [3.05, 3.63) is 0 Å². The number of nitrogens with one attached hydrogen (secondary N) is 1. The molecule has 4 aliphatic rings. The van der Waals surface area contributed by atoms with E-state index in [2.05, 4.69) is 5.32 Å². The second-order valence-electron chi connectivity index (χ2n) is 7.50. The number of carbonyl (C=O) groups excluding carboxylic acids is 2. The minimum atomic E-state index is -4.85. The van der Waals surface area contributed by atoms with E-state index in [1.165, 1.54) is 0 Å². The van der Waals surface area contributed by atoms with Crippen LogP contribution in [0.4, 0.5) is 13.2 Å². The monoisotopic (exact) mass is 331 g/mol. The molecule has 0 aromatic rings. The van der Waals surface area contributed by atoms with Gasteiger partial charge in [0.2, 0.25) is 5.91 Å². The summed E-state index contributed by atoms with van der Waals surface area (Å²) in [4.78, 5) is 27.1. The molecule has 23 heavy (non-hydrogen) atoms. The van der Waals surface area contributed by atoms with Gasteiger partial charge in [-0.05, 0) is 44.6 Å². The summed E-state index contributed by atoms with van der Waals surface area (Å²) in [5.41, 5.74) is -0.795. The fourth-order valence-corrected chi connectivity index (χ4v) is 4.23. The largest absolute Gasteiger partial charge is 0.471 e. The van der Waals surface area contributed by atoms with Crippen molar-refractivity contribution >= 4 is 11.8 Å². The molecule has 0 aromatic heterocycles. The van der Waals surface area contributed by atoms with E-state index >= 15 is 0 Å². The van der Waals surface area contributed by atoms with Crippen LogP contribution in [0.2, 0.25) is 0 Å². The number of rotatable bonds is 1. The lowest BCUT2D eigenvalue weighted by molar-refractivity contribution is -0.193. The van der Waals surface area contributed by atoms with Crippen LogP contribution < -0.4 is 5.32 Å². The van der Waals surface area contributed by atoms with Crippen LogP contribution >= 0.6 is 0 Å². The van der Waals surface area contributed by atoms with Crippen LogP contribution in [0, 0.1) is 11.8 Å². The van der Waals surface area contributed by atoms with Crippen molar-refractivity contribution in [3.63, 3.8) is 0 Å². The Kier molecular flexibility index (Phi) is 3.06. The zero-order valence-corrected chi connectivity index (χ0v) is 12.9. The van der Waals surface area contributed by atoms with Gasteiger partial charge in [0.25, 0.3) is 0 Å². The topological polar surface area (TPSA) is 52.7 Å². The molecule has 1 spiro atoms. The molecular weight excluding hydrogens is 311 g/mol. The van der Waals surface area contributed by atoms with Gasteiger partial charge in [-0.15, -0.1) is 0 Å². The van der Waals surface area contributed by atoms with E-state index in [0.717, 1.165) is 17.9 Å². The number of nitrogens with zero attached hydrogens (tertiary/aromatic N) is 2. The summed E-state index contributed by atoms with van der Waals surface area (Å²) < 4.78 is 38.4. The highest BCUT2D eigenvalue weighted by Gasteiger charge is 2.61. The molecule has 0 unspecified atom stereocenters. The lowest BCUT2D eigenvalue weighted by Crippen LogP contribution is -2.65. The predicted octanol–water partition coefficient (Wildman–Crippen LogP) is 0.748. The third-order valence-electron chi connectivity index (χ3n) is 5.89. The van der Waals surface area contributed by atoms with Crippen LogP contribution in [0.1, 0.15) is 26.2 Å². The zero-order valence-electron chi connectivity index (χ0n) is 12.9. The van der Waals surface area contributed by atoms with Crippen molar-refractivity contribution < 1.29 is 22.8 Å². The van der Waals surface area contributed by atoms with Gasteiger partial charge in [-0.1, -0.05) is 0 Å². The van der Waals surface area contributed by atoms with Gasteiger partial charge in [-0.2, -0.15) is 13.2 Å². The van der Waals surface area contributed by atoms with Crippen molar-refractivity contribution in [1.29, 1.82) is 0 Å². The Bertz CT molecular complexity index is 561. The Labute approximate surface area is 132 Å².